The summed E-state index contributed by atoms with van der Waals surface area (Å²) in [7, 11) is 0. The van der Waals surface area contributed by atoms with Gasteiger partial charge in [0.05, 0.1) is 11.4 Å². The highest BCUT2D eigenvalue weighted by molar-refractivity contribution is 5.85. The number of halogens is 3. The molecule has 0 saturated carbocycles. The van der Waals surface area contributed by atoms with Crippen LogP contribution in [-0.4, -0.2) is 9.78 Å². The van der Waals surface area contributed by atoms with E-state index in [1.165, 1.54) is 6.07 Å². The van der Waals surface area contributed by atoms with Gasteiger partial charge < -0.3 is 5.32 Å². The molecular formula is C13H16ClF2N3. The molecule has 1 aromatic carbocycles. The van der Waals surface area contributed by atoms with E-state index in [2.05, 4.69) is 10.4 Å². The van der Waals surface area contributed by atoms with E-state index < -0.39 is 11.6 Å². The van der Waals surface area contributed by atoms with E-state index in [0.717, 1.165) is 24.0 Å². The molecule has 0 aliphatic carbocycles. The lowest BCUT2D eigenvalue weighted by Gasteiger charge is -2.06. The quantitative estimate of drug-likeness (QED) is 0.932. The number of nitrogens with one attached hydrogen (secondary N) is 1. The van der Waals surface area contributed by atoms with E-state index in [1.807, 2.05) is 20.0 Å². The van der Waals surface area contributed by atoms with Gasteiger partial charge in [-0.2, -0.15) is 5.10 Å². The lowest BCUT2D eigenvalue weighted by atomic mass is 10.2. The zero-order chi connectivity index (χ0) is 13.1. The number of nitrogens with zero attached hydrogens (tertiary/aromatic N) is 2. The highest BCUT2D eigenvalue weighted by atomic mass is 35.5. The molecule has 2 aromatic rings. The first kappa shape index (κ1) is 15.4. The monoisotopic (exact) mass is 287 g/mol. The van der Waals surface area contributed by atoms with Crippen molar-refractivity contribution in [2.45, 2.75) is 26.9 Å². The van der Waals surface area contributed by atoms with Gasteiger partial charge in [0, 0.05) is 24.8 Å². The summed E-state index contributed by atoms with van der Waals surface area (Å²) in [6.07, 6.45) is 1.85. The Morgan fingerprint density at radius 1 is 1.32 bits per heavy atom. The molecule has 0 aliphatic heterocycles. The maximum absolute atomic E-state index is 13.4. The fourth-order valence-corrected chi connectivity index (χ4v) is 1.73. The second-order valence-corrected chi connectivity index (χ2v) is 4.05. The molecule has 104 valence electrons. The van der Waals surface area contributed by atoms with Crippen LogP contribution in [0, 0.1) is 18.6 Å². The van der Waals surface area contributed by atoms with Crippen LogP contribution >= 0.6 is 12.4 Å². The smallest absolute Gasteiger partial charge is 0.163 e. The topological polar surface area (TPSA) is 29.9 Å². The summed E-state index contributed by atoms with van der Waals surface area (Å²) in [6.45, 7) is 4.87. The van der Waals surface area contributed by atoms with Gasteiger partial charge in [-0.15, -0.1) is 12.4 Å². The fraction of sp³-hybridized carbons (Fsp3) is 0.308. The first-order chi connectivity index (χ1) is 8.61. The van der Waals surface area contributed by atoms with Crippen LogP contribution in [0.25, 0.3) is 0 Å². The van der Waals surface area contributed by atoms with Crippen molar-refractivity contribution in [1.29, 1.82) is 0 Å². The third-order valence-corrected chi connectivity index (χ3v) is 2.77. The summed E-state index contributed by atoms with van der Waals surface area (Å²) >= 11 is 0. The molecule has 0 saturated heterocycles. The summed E-state index contributed by atoms with van der Waals surface area (Å²) < 4.78 is 28.3. The second kappa shape index (κ2) is 6.52. The van der Waals surface area contributed by atoms with E-state index in [4.69, 9.17) is 0 Å². The van der Waals surface area contributed by atoms with Gasteiger partial charge >= 0.3 is 0 Å². The van der Waals surface area contributed by atoms with Crippen molar-refractivity contribution in [2.24, 2.45) is 0 Å². The molecule has 2 rings (SSSR count). The molecule has 0 unspecified atom stereocenters. The minimum atomic E-state index is -0.824. The van der Waals surface area contributed by atoms with E-state index in [9.17, 15) is 8.78 Å². The van der Waals surface area contributed by atoms with Crippen LogP contribution < -0.4 is 5.32 Å². The number of hydrogen-bond donors (Lipinski definition) is 1. The number of anilines is 1. The normalized spacial score (nSPS) is 10.1. The predicted molar refractivity (Wildman–Crippen MR) is 73.6 cm³/mol. The third-order valence-electron chi connectivity index (χ3n) is 2.77. The van der Waals surface area contributed by atoms with Gasteiger partial charge in [0.15, 0.2) is 11.6 Å². The Morgan fingerprint density at radius 3 is 2.68 bits per heavy atom. The molecule has 0 aliphatic rings. The summed E-state index contributed by atoms with van der Waals surface area (Å²) in [5.41, 5.74) is 1.98. The molecule has 1 heterocycles. The Balaban J connectivity index is 0.00000180. The van der Waals surface area contributed by atoms with Gasteiger partial charge in [0.25, 0.3) is 0 Å². The van der Waals surface area contributed by atoms with Gasteiger partial charge in [0.2, 0.25) is 0 Å². The van der Waals surface area contributed by atoms with Gasteiger partial charge in [-0.25, -0.2) is 8.78 Å². The van der Waals surface area contributed by atoms with Crippen LogP contribution in [0.15, 0.2) is 24.4 Å². The lowest BCUT2D eigenvalue weighted by Crippen LogP contribution is -2.03. The highest BCUT2D eigenvalue weighted by Crippen LogP contribution is 2.16. The minimum absolute atomic E-state index is 0. The van der Waals surface area contributed by atoms with Crippen LogP contribution in [0.2, 0.25) is 0 Å². The molecule has 1 N–H and O–H groups in total. The van der Waals surface area contributed by atoms with E-state index >= 15 is 0 Å². The number of hydrogen-bond acceptors (Lipinski definition) is 2. The molecule has 19 heavy (non-hydrogen) atoms. The minimum Gasteiger partial charge on any atom is -0.378 e. The lowest BCUT2D eigenvalue weighted by molar-refractivity contribution is 0.500. The van der Waals surface area contributed by atoms with E-state index in [0.29, 0.717) is 5.56 Å². The van der Waals surface area contributed by atoms with E-state index in [-0.39, 0.29) is 19.0 Å². The molecular weight excluding hydrogens is 272 g/mol. The zero-order valence-electron chi connectivity index (χ0n) is 10.8. The van der Waals surface area contributed by atoms with Crippen LogP contribution in [-0.2, 0) is 13.1 Å². The number of rotatable bonds is 4. The Kier molecular flexibility index (Phi) is 5.30. The van der Waals surface area contributed by atoms with E-state index in [1.54, 1.807) is 10.7 Å². The standard InChI is InChI=1S/C13H15F2N3.ClH/c1-3-18-8-12(9(2)17-18)16-7-10-5-4-6-11(14)13(10)15;/h4-6,8,16H,3,7H2,1-2H3;1H. The Labute approximate surface area is 117 Å². The SMILES string of the molecule is CCn1cc(NCc2cccc(F)c2F)c(C)n1.Cl. The predicted octanol–water partition coefficient (Wildman–Crippen LogP) is 3.52. The summed E-state index contributed by atoms with van der Waals surface area (Å²) in [4.78, 5) is 0. The van der Waals surface area contributed by atoms with Crippen molar-refractivity contribution in [2.75, 3.05) is 5.32 Å². The van der Waals surface area contributed by atoms with Crippen LogP contribution in [0.3, 0.4) is 0 Å². The molecule has 6 heteroatoms. The molecule has 0 fully saturated rings. The number of benzene rings is 1. The first-order valence-electron chi connectivity index (χ1n) is 5.82. The molecule has 0 amide bonds. The van der Waals surface area contributed by atoms with Crippen molar-refractivity contribution < 1.29 is 8.78 Å². The Bertz CT molecular complexity index is 555. The zero-order valence-corrected chi connectivity index (χ0v) is 11.6. The van der Waals surface area contributed by atoms with Crippen LogP contribution in [0.5, 0.6) is 0 Å². The summed E-state index contributed by atoms with van der Waals surface area (Å²) in [5, 5.41) is 7.33. The van der Waals surface area contributed by atoms with Gasteiger partial charge in [0.1, 0.15) is 0 Å². The van der Waals surface area contributed by atoms with Crippen molar-refractivity contribution in [3.8, 4) is 0 Å². The van der Waals surface area contributed by atoms with Gasteiger partial charge in [-0.3, -0.25) is 4.68 Å². The fourth-order valence-electron chi connectivity index (χ4n) is 1.73. The van der Waals surface area contributed by atoms with Crippen molar-refractivity contribution >= 4 is 18.1 Å². The average molecular weight is 288 g/mol. The first-order valence-corrected chi connectivity index (χ1v) is 5.82. The Morgan fingerprint density at radius 2 is 2.05 bits per heavy atom. The summed E-state index contributed by atoms with van der Waals surface area (Å²) in [6, 6.07) is 4.17. The molecule has 0 radical (unpaired) electrons. The Hall–Kier alpha value is -1.62. The second-order valence-electron chi connectivity index (χ2n) is 4.05. The van der Waals surface area contributed by atoms with Crippen molar-refractivity contribution in [3.63, 3.8) is 0 Å². The van der Waals surface area contributed by atoms with Crippen molar-refractivity contribution in [1.82, 2.24) is 9.78 Å². The number of aryl methyl sites for hydroxylation is 2. The molecule has 0 spiro atoms. The molecule has 1 aromatic heterocycles. The maximum atomic E-state index is 13.4. The van der Waals surface area contributed by atoms with Gasteiger partial charge in [-0.1, -0.05) is 12.1 Å². The largest absolute Gasteiger partial charge is 0.378 e. The molecule has 0 bridgehead atoms. The molecule has 3 nitrogen and oxygen atoms in total. The highest BCUT2D eigenvalue weighted by Gasteiger charge is 2.08. The maximum Gasteiger partial charge on any atom is 0.163 e. The average Bonchev–Trinajstić information content (AvgIpc) is 2.72. The van der Waals surface area contributed by atoms with Crippen LogP contribution in [0.1, 0.15) is 18.2 Å². The van der Waals surface area contributed by atoms with Gasteiger partial charge in [-0.05, 0) is 19.9 Å². The van der Waals surface area contributed by atoms with Crippen LogP contribution in [0.4, 0.5) is 14.5 Å². The summed E-state index contributed by atoms with van der Waals surface area (Å²) in [5.74, 6) is -1.62. The number of aromatic nitrogens is 2. The van der Waals surface area contributed by atoms with Crippen molar-refractivity contribution in [3.05, 3.63) is 47.3 Å². The molecule has 0 atom stereocenters. The third kappa shape index (κ3) is 3.44.